The Bertz CT molecular complexity index is 444. The fourth-order valence-corrected chi connectivity index (χ4v) is 7.08. The standard InChI is InChI=1S/C18H34N2O2Si/c1-7-23(8-2,9-3)16(20-19)17(21)22-15-12-10-14(11-13-15)18(4,5)6/h14-15H,7-13H2,1-6H3. The van der Waals surface area contributed by atoms with Crippen LogP contribution in [0.1, 0.15) is 67.2 Å². The molecule has 0 unspecified atom stereocenters. The third-order valence-electron chi connectivity index (χ3n) is 6.00. The number of hydrogen-bond donors (Lipinski definition) is 0. The van der Waals surface area contributed by atoms with Crippen LogP contribution in [-0.2, 0) is 9.53 Å². The second kappa shape index (κ2) is 8.25. The zero-order chi connectivity index (χ0) is 17.7. The Morgan fingerprint density at radius 1 is 1.09 bits per heavy atom. The number of nitrogens with zero attached hydrogens (tertiary/aromatic N) is 2. The van der Waals surface area contributed by atoms with E-state index in [1.54, 1.807) is 0 Å². The smallest absolute Gasteiger partial charge is 0.410 e. The SMILES string of the molecule is CC[Si](CC)(CC)C(=[N+]=[N-])C(=O)OC1CCC(C(C)(C)C)CC1. The highest BCUT2D eigenvalue weighted by molar-refractivity contribution is 7.13. The number of ether oxygens (including phenoxy) is 1. The van der Waals surface area contributed by atoms with E-state index in [9.17, 15) is 10.3 Å². The Kier molecular flexibility index (Phi) is 7.21. The maximum Gasteiger partial charge on any atom is 0.410 e. The highest BCUT2D eigenvalue weighted by Crippen LogP contribution is 2.38. The second-order valence-corrected chi connectivity index (χ2v) is 13.2. The van der Waals surface area contributed by atoms with Gasteiger partial charge in [-0.3, -0.25) is 0 Å². The van der Waals surface area contributed by atoms with Crippen molar-refractivity contribution in [3.8, 4) is 0 Å². The summed E-state index contributed by atoms with van der Waals surface area (Å²) in [6.45, 7) is 13.1. The largest absolute Gasteiger partial charge is 0.454 e. The summed E-state index contributed by atoms with van der Waals surface area (Å²) in [5.74, 6) is 0.322. The number of carbonyl (C=O) groups is 1. The predicted octanol–water partition coefficient (Wildman–Crippen LogP) is 4.85. The van der Waals surface area contributed by atoms with E-state index in [0.29, 0.717) is 16.7 Å². The molecule has 4 nitrogen and oxygen atoms in total. The average molecular weight is 339 g/mol. The van der Waals surface area contributed by atoms with E-state index < -0.39 is 8.07 Å². The topological polar surface area (TPSA) is 62.7 Å². The number of carbonyl (C=O) groups excluding carboxylic acids is 1. The van der Waals surface area contributed by atoms with E-state index in [1.807, 2.05) is 0 Å². The van der Waals surface area contributed by atoms with Crippen molar-refractivity contribution in [3.63, 3.8) is 0 Å². The first-order valence-electron chi connectivity index (χ1n) is 9.17. The molecule has 0 N–H and O–H groups in total. The van der Waals surface area contributed by atoms with Crippen LogP contribution in [-0.4, -0.2) is 30.3 Å². The van der Waals surface area contributed by atoms with Crippen molar-refractivity contribution in [1.82, 2.24) is 0 Å². The van der Waals surface area contributed by atoms with E-state index in [0.717, 1.165) is 43.8 Å². The van der Waals surface area contributed by atoms with Crippen LogP contribution < -0.4 is 0 Å². The molecule has 0 atom stereocenters. The molecule has 1 aliphatic rings. The molecule has 1 fully saturated rings. The highest BCUT2D eigenvalue weighted by atomic mass is 28.3. The van der Waals surface area contributed by atoms with Crippen molar-refractivity contribution in [2.45, 2.75) is 91.5 Å². The van der Waals surface area contributed by atoms with Gasteiger partial charge in [-0.05, 0) is 55.1 Å². The van der Waals surface area contributed by atoms with Crippen molar-refractivity contribution < 1.29 is 14.3 Å². The van der Waals surface area contributed by atoms with Gasteiger partial charge < -0.3 is 10.3 Å². The molecule has 0 heterocycles. The maximum absolute atomic E-state index is 12.6. The lowest BCUT2D eigenvalue weighted by Gasteiger charge is -2.36. The van der Waals surface area contributed by atoms with Gasteiger partial charge in [-0.1, -0.05) is 41.5 Å². The fourth-order valence-electron chi connectivity index (χ4n) is 3.87. The van der Waals surface area contributed by atoms with Crippen molar-refractivity contribution >= 4 is 19.4 Å². The first-order valence-corrected chi connectivity index (χ1v) is 11.8. The number of rotatable bonds is 6. The molecular weight excluding hydrogens is 304 g/mol. The third kappa shape index (κ3) is 4.77. The summed E-state index contributed by atoms with van der Waals surface area (Å²) in [6.07, 6.45) is 4.03. The molecule has 0 amide bonds. The van der Waals surface area contributed by atoms with Crippen molar-refractivity contribution in [3.05, 3.63) is 5.53 Å². The molecular formula is C18H34N2O2Si. The zero-order valence-corrected chi connectivity index (χ0v) is 16.8. The Balaban J connectivity index is 2.71. The summed E-state index contributed by atoms with van der Waals surface area (Å²) in [5, 5.41) is 0.336. The minimum absolute atomic E-state index is 0.0184. The van der Waals surface area contributed by atoms with Crippen molar-refractivity contribution in [1.29, 1.82) is 0 Å². The summed E-state index contributed by atoms with van der Waals surface area (Å²) in [7, 11) is -2.01. The molecule has 0 aromatic carbocycles. The van der Waals surface area contributed by atoms with Gasteiger partial charge in [0.2, 0.25) is 8.07 Å². The summed E-state index contributed by atoms with van der Waals surface area (Å²) >= 11 is 0. The van der Waals surface area contributed by atoms with E-state index in [4.69, 9.17) is 4.74 Å². The van der Waals surface area contributed by atoms with Gasteiger partial charge in [0, 0.05) is 0 Å². The van der Waals surface area contributed by atoms with Gasteiger partial charge in [-0.25, -0.2) is 4.79 Å². The summed E-state index contributed by atoms with van der Waals surface area (Å²) in [4.78, 5) is 16.0. The molecule has 0 aliphatic heterocycles. The molecule has 0 aromatic rings. The van der Waals surface area contributed by atoms with Crippen LogP contribution in [0, 0.1) is 11.3 Å². The quantitative estimate of drug-likeness (QED) is 0.228. The molecule has 0 bridgehead atoms. The summed E-state index contributed by atoms with van der Waals surface area (Å²) in [6, 6.07) is 2.72. The van der Waals surface area contributed by atoms with Crippen molar-refractivity contribution in [2.75, 3.05) is 0 Å². The molecule has 1 saturated carbocycles. The first-order chi connectivity index (χ1) is 10.7. The molecule has 0 saturated heterocycles. The lowest BCUT2D eigenvalue weighted by molar-refractivity contribution is -0.147. The Morgan fingerprint density at radius 3 is 1.91 bits per heavy atom. The van der Waals surface area contributed by atoms with Crippen LogP contribution in [0.15, 0.2) is 0 Å². The predicted molar refractivity (Wildman–Crippen MR) is 97.1 cm³/mol. The molecule has 5 heteroatoms. The van der Waals surface area contributed by atoms with E-state index in [2.05, 4.69) is 46.3 Å². The fraction of sp³-hybridized carbons (Fsp3) is 0.889. The van der Waals surface area contributed by atoms with E-state index in [-0.39, 0.29) is 12.1 Å². The molecule has 1 aliphatic carbocycles. The minimum atomic E-state index is -2.01. The van der Waals surface area contributed by atoms with Crippen LogP contribution in [0.5, 0.6) is 0 Å². The van der Waals surface area contributed by atoms with Crippen LogP contribution in [0.3, 0.4) is 0 Å². The molecule has 0 aromatic heterocycles. The first kappa shape index (κ1) is 20.1. The number of esters is 1. The Morgan fingerprint density at radius 2 is 1.57 bits per heavy atom. The van der Waals surface area contributed by atoms with Gasteiger partial charge in [-0.2, -0.15) is 4.79 Å². The molecule has 1 rings (SSSR count). The monoisotopic (exact) mass is 338 g/mol. The Hall–Kier alpha value is -0.933. The lowest BCUT2D eigenvalue weighted by atomic mass is 9.72. The average Bonchev–Trinajstić information content (AvgIpc) is 2.52. The third-order valence-corrected chi connectivity index (χ3v) is 11.4. The maximum atomic E-state index is 12.6. The molecule has 23 heavy (non-hydrogen) atoms. The molecule has 132 valence electrons. The van der Waals surface area contributed by atoms with Gasteiger partial charge in [0.1, 0.15) is 6.10 Å². The molecule has 0 spiro atoms. The summed E-state index contributed by atoms with van der Waals surface area (Å²) < 4.78 is 5.72. The lowest BCUT2D eigenvalue weighted by Crippen LogP contribution is -2.49. The molecule has 0 radical (unpaired) electrons. The van der Waals surface area contributed by atoms with Gasteiger partial charge >= 0.3 is 11.3 Å². The zero-order valence-electron chi connectivity index (χ0n) is 15.8. The van der Waals surface area contributed by atoms with Crippen LogP contribution in [0.25, 0.3) is 5.53 Å². The van der Waals surface area contributed by atoms with Gasteiger partial charge in [-0.15, -0.1) is 0 Å². The van der Waals surface area contributed by atoms with E-state index >= 15 is 0 Å². The van der Waals surface area contributed by atoms with Crippen molar-refractivity contribution in [2.24, 2.45) is 11.3 Å². The Labute approximate surface area is 142 Å². The van der Waals surface area contributed by atoms with E-state index in [1.165, 1.54) is 0 Å². The number of hydrogen-bond acceptors (Lipinski definition) is 2. The van der Waals surface area contributed by atoms with Crippen LogP contribution in [0.4, 0.5) is 0 Å². The normalized spacial score (nSPS) is 22.3. The highest BCUT2D eigenvalue weighted by Gasteiger charge is 2.47. The minimum Gasteiger partial charge on any atom is -0.454 e. The van der Waals surface area contributed by atoms with Crippen LogP contribution >= 0.6 is 0 Å². The summed E-state index contributed by atoms with van der Waals surface area (Å²) in [5.41, 5.74) is 9.75. The van der Waals surface area contributed by atoms with Gasteiger partial charge in [0.15, 0.2) is 0 Å². The van der Waals surface area contributed by atoms with Gasteiger partial charge in [0.25, 0.3) is 0 Å². The van der Waals surface area contributed by atoms with Gasteiger partial charge in [0.05, 0.1) is 0 Å². The second-order valence-electron chi connectivity index (χ2n) is 8.03. The van der Waals surface area contributed by atoms with Crippen LogP contribution in [0.2, 0.25) is 18.1 Å².